The number of hydrogen-bond donors (Lipinski definition) is 3. The number of alkyl halides is 3. The molecule has 1 aliphatic rings. The van der Waals surface area contributed by atoms with Crippen LogP contribution in [0.3, 0.4) is 0 Å². The molecule has 254 valence electrons. The molecule has 10 nitrogen and oxygen atoms in total. The summed E-state index contributed by atoms with van der Waals surface area (Å²) in [5.74, 6) is 0.0699. The Bertz CT molecular complexity index is 1850. The fourth-order valence-corrected chi connectivity index (χ4v) is 6.00. The van der Waals surface area contributed by atoms with Crippen LogP contribution in [0.25, 0.3) is 10.4 Å². The molecule has 0 saturated heterocycles. The van der Waals surface area contributed by atoms with Crippen LogP contribution in [-0.2, 0) is 35.2 Å². The zero-order chi connectivity index (χ0) is 34.9. The van der Waals surface area contributed by atoms with Crippen molar-refractivity contribution in [2.75, 3.05) is 13.2 Å². The molecule has 0 unspecified atom stereocenters. The summed E-state index contributed by atoms with van der Waals surface area (Å²) in [5, 5.41) is 12.8. The van der Waals surface area contributed by atoms with Crippen LogP contribution in [0.4, 0.5) is 13.2 Å². The topological polar surface area (TPSA) is 141 Å². The number of ether oxygens (including phenoxy) is 2. The van der Waals surface area contributed by atoms with Crippen LogP contribution < -0.4 is 15.6 Å². The second-order valence-electron chi connectivity index (χ2n) is 11.1. The Kier molecular flexibility index (Phi) is 11.6. The largest absolute Gasteiger partial charge is 0.494 e. The number of benzene rings is 4. The predicted octanol–water partition coefficient (Wildman–Crippen LogP) is 7.36. The first-order valence-electron chi connectivity index (χ1n) is 15.3. The maximum atomic E-state index is 14.5. The number of halogens is 4. The zero-order valence-electron chi connectivity index (χ0n) is 26.0. The molecule has 2 atom stereocenters. The number of carbonyl (C=O) groups excluding carboxylic acids is 1. The molecule has 0 aliphatic carbocycles. The molecule has 0 radical (unpaired) electrons. The molecule has 0 bridgehead atoms. The van der Waals surface area contributed by atoms with Gasteiger partial charge in [0.1, 0.15) is 5.75 Å². The van der Waals surface area contributed by atoms with E-state index in [0.717, 1.165) is 6.07 Å². The Morgan fingerprint density at radius 2 is 1.67 bits per heavy atom. The average Bonchev–Trinajstić information content (AvgIpc) is 3.48. The quantitative estimate of drug-likeness (QED) is 0.0408. The lowest BCUT2D eigenvalue weighted by atomic mass is 9.81. The number of nitrogens with zero attached hydrogens (tertiary/aromatic N) is 4. The summed E-state index contributed by atoms with van der Waals surface area (Å²) in [5.41, 5.74) is 14.2. The van der Waals surface area contributed by atoms with Gasteiger partial charge >= 0.3 is 6.18 Å². The van der Waals surface area contributed by atoms with Crippen LogP contribution >= 0.6 is 15.9 Å². The second kappa shape index (κ2) is 16.0. The van der Waals surface area contributed by atoms with Gasteiger partial charge in [0, 0.05) is 46.5 Å². The van der Waals surface area contributed by atoms with E-state index < -0.39 is 29.3 Å². The minimum Gasteiger partial charge on any atom is -0.494 e. The van der Waals surface area contributed by atoms with Crippen molar-refractivity contribution in [3.8, 4) is 5.75 Å². The highest BCUT2D eigenvalue weighted by Gasteiger charge is 2.54. The van der Waals surface area contributed by atoms with E-state index in [2.05, 4.69) is 36.8 Å². The first-order chi connectivity index (χ1) is 23.7. The van der Waals surface area contributed by atoms with Crippen LogP contribution in [0.1, 0.15) is 45.9 Å². The summed E-state index contributed by atoms with van der Waals surface area (Å²) in [6.07, 6.45) is -5.13. The molecule has 1 amide bonds. The highest BCUT2D eigenvalue weighted by molar-refractivity contribution is 9.10. The van der Waals surface area contributed by atoms with Crippen LogP contribution in [-0.4, -0.2) is 35.7 Å². The summed E-state index contributed by atoms with van der Waals surface area (Å²) >= 11 is 3.59. The van der Waals surface area contributed by atoms with Gasteiger partial charge in [-0.3, -0.25) is 10.2 Å². The first-order valence-corrected chi connectivity index (χ1v) is 16.1. The van der Waals surface area contributed by atoms with E-state index in [1.165, 1.54) is 18.2 Å². The predicted molar refractivity (Wildman–Crippen MR) is 180 cm³/mol. The minimum absolute atomic E-state index is 0.000994. The Morgan fingerprint density at radius 3 is 2.37 bits per heavy atom. The molecule has 0 saturated carbocycles. The van der Waals surface area contributed by atoms with Gasteiger partial charge in [-0.1, -0.05) is 81.7 Å². The summed E-state index contributed by atoms with van der Waals surface area (Å²) in [6.45, 7) is 0.0287. The van der Waals surface area contributed by atoms with Crippen molar-refractivity contribution in [3.05, 3.63) is 145 Å². The van der Waals surface area contributed by atoms with E-state index >= 15 is 0 Å². The number of hydrogen-bond acceptors (Lipinski definition) is 7. The lowest BCUT2D eigenvalue weighted by Gasteiger charge is -2.32. The van der Waals surface area contributed by atoms with E-state index in [-0.39, 0.29) is 37.6 Å². The van der Waals surface area contributed by atoms with E-state index in [0.29, 0.717) is 45.5 Å². The third kappa shape index (κ3) is 8.41. The summed E-state index contributed by atoms with van der Waals surface area (Å²) < 4.78 is 53.9. The third-order valence-electron chi connectivity index (χ3n) is 7.90. The molecule has 3 N–H and O–H groups in total. The van der Waals surface area contributed by atoms with E-state index in [1.807, 2.05) is 6.07 Å². The van der Waals surface area contributed by atoms with Gasteiger partial charge in [0.2, 0.25) is 5.90 Å². The average molecular weight is 738 g/mol. The highest BCUT2D eigenvalue weighted by atomic mass is 79.9. The van der Waals surface area contributed by atoms with Gasteiger partial charge in [-0.2, -0.15) is 13.2 Å². The molecular weight excluding hydrogens is 705 g/mol. The van der Waals surface area contributed by atoms with Crippen LogP contribution in [0, 0.1) is 0 Å². The zero-order valence-corrected chi connectivity index (χ0v) is 27.6. The Hall–Kier alpha value is -4.88. The maximum absolute atomic E-state index is 14.5. The smallest absolute Gasteiger partial charge is 0.416 e. The fraction of sp³-hybridized carbons (Fsp3) is 0.257. The SMILES string of the molecule is [N-]=[N+]=NCc1ccccc1C[C@]1(C(=O)NNCc2ccccc2C(F)(F)F)N=C(c2ccc(OCCCO)cc2)O[C@H]1c1ccccc1Br. The van der Waals surface area contributed by atoms with Crippen LogP contribution in [0.2, 0.25) is 0 Å². The summed E-state index contributed by atoms with van der Waals surface area (Å²) in [7, 11) is 0. The maximum Gasteiger partial charge on any atom is 0.416 e. The van der Waals surface area contributed by atoms with E-state index in [9.17, 15) is 18.0 Å². The molecule has 49 heavy (non-hydrogen) atoms. The second-order valence-corrected chi connectivity index (χ2v) is 12.0. The van der Waals surface area contributed by atoms with Gasteiger partial charge in [-0.25, -0.2) is 10.4 Å². The van der Waals surface area contributed by atoms with Crippen LogP contribution in [0.15, 0.2) is 112 Å². The lowest BCUT2D eigenvalue weighted by Crippen LogP contribution is -2.54. The van der Waals surface area contributed by atoms with Crippen molar-refractivity contribution in [2.24, 2.45) is 10.1 Å². The normalized spacial score (nSPS) is 17.1. The van der Waals surface area contributed by atoms with Crippen molar-refractivity contribution in [3.63, 3.8) is 0 Å². The molecule has 4 aromatic carbocycles. The molecule has 14 heteroatoms. The van der Waals surface area contributed by atoms with Crippen molar-refractivity contribution in [1.29, 1.82) is 0 Å². The number of rotatable bonds is 14. The Morgan fingerprint density at radius 1 is 1.00 bits per heavy atom. The number of aliphatic hydroxyl groups is 1. The molecular formula is C35H32BrF3N6O4. The highest BCUT2D eigenvalue weighted by Crippen LogP contribution is 2.45. The standard InChI is InChI=1S/C35H32BrF3N6O4/c36-30-13-6-4-11-28(30)31-34(20-24-8-1-2-9-25(24)21-42-45-40,33(47)44-41-22-26-10-3-5-12-29(26)35(37,38)39)43-32(49-31)23-14-16-27(17-15-23)48-19-7-18-46/h1-6,8-17,31,41,46H,7,18-22H2,(H,44,47)/t31-,34-/m0/s1. The van der Waals surface area contributed by atoms with Crippen molar-refractivity contribution in [2.45, 2.75) is 43.8 Å². The fourth-order valence-electron chi connectivity index (χ4n) is 5.51. The monoisotopic (exact) mass is 736 g/mol. The van der Waals surface area contributed by atoms with Crippen molar-refractivity contribution in [1.82, 2.24) is 10.9 Å². The van der Waals surface area contributed by atoms with E-state index in [1.54, 1.807) is 66.7 Å². The molecule has 1 aliphatic heterocycles. The molecule has 0 fully saturated rings. The van der Waals surface area contributed by atoms with Crippen LogP contribution in [0.5, 0.6) is 5.75 Å². The van der Waals surface area contributed by atoms with Crippen molar-refractivity contribution < 1.29 is 32.5 Å². The molecule has 1 heterocycles. The number of aliphatic imine (C=N–C) groups is 1. The number of amides is 1. The van der Waals surface area contributed by atoms with Gasteiger partial charge in [0.05, 0.1) is 18.7 Å². The Balaban J connectivity index is 1.57. The summed E-state index contributed by atoms with van der Waals surface area (Å²) in [4.78, 5) is 22.4. The summed E-state index contributed by atoms with van der Waals surface area (Å²) in [6, 6.07) is 26.4. The van der Waals surface area contributed by atoms with E-state index in [4.69, 9.17) is 25.1 Å². The lowest BCUT2D eigenvalue weighted by molar-refractivity contribution is -0.138. The van der Waals surface area contributed by atoms with Gasteiger partial charge in [0.25, 0.3) is 5.91 Å². The van der Waals surface area contributed by atoms with Gasteiger partial charge in [-0.05, 0) is 58.6 Å². The minimum atomic E-state index is -4.58. The molecule has 4 aromatic rings. The molecule has 0 spiro atoms. The number of azide groups is 1. The van der Waals surface area contributed by atoms with Crippen molar-refractivity contribution >= 4 is 27.7 Å². The van der Waals surface area contributed by atoms with Gasteiger partial charge < -0.3 is 14.6 Å². The third-order valence-corrected chi connectivity index (χ3v) is 8.63. The number of hydrazine groups is 1. The van der Waals surface area contributed by atoms with Gasteiger partial charge in [-0.15, -0.1) is 0 Å². The molecule has 5 rings (SSSR count). The molecule has 0 aromatic heterocycles. The van der Waals surface area contributed by atoms with Gasteiger partial charge in [0.15, 0.2) is 11.6 Å². The number of carbonyl (C=O) groups is 1. The Labute approximate surface area is 288 Å². The number of aliphatic hydroxyl groups excluding tert-OH is 1. The number of nitrogens with one attached hydrogen (secondary N) is 2. The first kappa shape index (κ1) is 35.4.